The fourth-order valence-electron chi connectivity index (χ4n) is 2.28. The molecule has 0 spiro atoms. The molecule has 0 aliphatic heterocycles. The molecule has 104 valence electrons. The Kier molecular flexibility index (Phi) is 3.27. The van der Waals surface area contributed by atoms with E-state index in [1.165, 1.54) is 0 Å². The van der Waals surface area contributed by atoms with Crippen molar-refractivity contribution in [3.05, 3.63) is 28.9 Å². The van der Waals surface area contributed by atoms with Gasteiger partial charge in [0.05, 0.1) is 32.2 Å². The van der Waals surface area contributed by atoms with E-state index >= 15 is 0 Å². The summed E-state index contributed by atoms with van der Waals surface area (Å²) < 4.78 is 3.99. The predicted molar refractivity (Wildman–Crippen MR) is 80.9 cm³/mol. The van der Waals surface area contributed by atoms with Gasteiger partial charge in [0.25, 0.3) is 0 Å². The first-order valence-corrected chi connectivity index (χ1v) is 7.28. The summed E-state index contributed by atoms with van der Waals surface area (Å²) in [5, 5.41) is 17.3. The molecule has 20 heavy (non-hydrogen) atoms. The highest BCUT2D eigenvalue weighted by molar-refractivity contribution is 7.26. The molecule has 1 aromatic carbocycles. The number of thiophene rings is 1. The lowest BCUT2D eigenvalue weighted by molar-refractivity contribution is 0.194. The predicted octanol–water partition coefficient (Wildman–Crippen LogP) is 3.48. The van der Waals surface area contributed by atoms with Crippen LogP contribution in [0, 0.1) is 6.92 Å². The first kappa shape index (κ1) is 13.2. The molecule has 3 aromatic rings. The summed E-state index contributed by atoms with van der Waals surface area (Å²) in [6.07, 6.45) is -1.02. The quantitative estimate of drug-likeness (QED) is 0.778. The molecule has 7 heteroatoms. The van der Waals surface area contributed by atoms with Crippen LogP contribution in [0.5, 0.6) is 0 Å². The van der Waals surface area contributed by atoms with Crippen LogP contribution in [0.25, 0.3) is 20.3 Å². The van der Waals surface area contributed by atoms with Crippen LogP contribution in [0.15, 0.2) is 18.2 Å². The number of halogens is 1. The Morgan fingerprint density at radius 1 is 1.50 bits per heavy atom. The Labute approximate surface area is 123 Å². The molecule has 3 rings (SSSR count). The Hall–Kier alpha value is -1.79. The van der Waals surface area contributed by atoms with Crippen LogP contribution < -0.4 is 5.32 Å². The average Bonchev–Trinajstić information content (AvgIpc) is 2.90. The maximum absolute atomic E-state index is 10.5. The number of carboxylic acid groups (broad SMARTS) is 1. The van der Waals surface area contributed by atoms with E-state index in [0.29, 0.717) is 13.1 Å². The zero-order valence-corrected chi connectivity index (χ0v) is 12.3. The zero-order valence-electron chi connectivity index (χ0n) is 10.7. The summed E-state index contributed by atoms with van der Waals surface area (Å²) >= 11 is 7.85. The Balaban J connectivity index is 2.10. The van der Waals surface area contributed by atoms with Gasteiger partial charge in [-0.3, -0.25) is 4.68 Å². The smallest absolute Gasteiger partial charge is 0.404 e. The van der Waals surface area contributed by atoms with Gasteiger partial charge in [0, 0.05) is 11.9 Å². The van der Waals surface area contributed by atoms with E-state index < -0.39 is 6.09 Å². The first-order chi connectivity index (χ1) is 9.58. The standard InChI is InChI=1S/C13H12ClN3O2S/c1-7-11-10(17(16-7)6-5-15-13(18)19)8-3-2-4-9(14)12(8)20-11/h2-4,15H,5-6H2,1H3,(H,18,19). The number of carbonyl (C=O) groups is 1. The van der Waals surface area contributed by atoms with Crippen molar-refractivity contribution in [1.82, 2.24) is 15.1 Å². The maximum Gasteiger partial charge on any atom is 0.404 e. The topological polar surface area (TPSA) is 67.2 Å². The van der Waals surface area contributed by atoms with Crippen molar-refractivity contribution in [1.29, 1.82) is 0 Å². The van der Waals surface area contributed by atoms with E-state index in [9.17, 15) is 4.79 Å². The van der Waals surface area contributed by atoms with Gasteiger partial charge >= 0.3 is 6.09 Å². The average molecular weight is 310 g/mol. The second-order valence-electron chi connectivity index (χ2n) is 4.44. The van der Waals surface area contributed by atoms with Crippen LogP contribution in [0.1, 0.15) is 5.69 Å². The summed E-state index contributed by atoms with van der Waals surface area (Å²) in [6, 6.07) is 5.81. The van der Waals surface area contributed by atoms with Crippen molar-refractivity contribution in [2.24, 2.45) is 0 Å². The van der Waals surface area contributed by atoms with Crippen LogP contribution in [0.4, 0.5) is 4.79 Å². The lowest BCUT2D eigenvalue weighted by Gasteiger charge is -2.03. The molecule has 0 bridgehead atoms. The van der Waals surface area contributed by atoms with Crippen LogP contribution in [0.3, 0.4) is 0 Å². The van der Waals surface area contributed by atoms with Crippen molar-refractivity contribution in [3.63, 3.8) is 0 Å². The van der Waals surface area contributed by atoms with Crippen molar-refractivity contribution in [2.75, 3.05) is 6.54 Å². The van der Waals surface area contributed by atoms with Crippen molar-refractivity contribution in [3.8, 4) is 0 Å². The Morgan fingerprint density at radius 3 is 3.05 bits per heavy atom. The SMILES string of the molecule is Cc1nn(CCNC(=O)O)c2c1sc1c(Cl)cccc12. The molecule has 0 saturated carbocycles. The largest absolute Gasteiger partial charge is 0.465 e. The van der Waals surface area contributed by atoms with E-state index in [2.05, 4.69) is 10.4 Å². The van der Waals surface area contributed by atoms with Crippen molar-refractivity contribution < 1.29 is 9.90 Å². The molecular formula is C13H12ClN3O2S. The minimum atomic E-state index is -1.02. The van der Waals surface area contributed by atoms with Gasteiger partial charge in [-0.2, -0.15) is 5.10 Å². The van der Waals surface area contributed by atoms with Gasteiger partial charge in [-0.05, 0) is 13.0 Å². The van der Waals surface area contributed by atoms with E-state index in [1.54, 1.807) is 11.3 Å². The lowest BCUT2D eigenvalue weighted by Crippen LogP contribution is -2.25. The molecule has 2 aromatic heterocycles. The number of hydrogen-bond donors (Lipinski definition) is 2. The number of aromatic nitrogens is 2. The van der Waals surface area contributed by atoms with Gasteiger partial charge in [-0.1, -0.05) is 23.7 Å². The number of fused-ring (bicyclic) bond motifs is 3. The fraction of sp³-hybridized carbons (Fsp3) is 0.231. The second kappa shape index (κ2) is 4.96. The first-order valence-electron chi connectivity index (χ1n) is 6.09. The lowest BCUT2D eigenvalue weighted by atomic mass is 10.2. The molecule has 2 N–H and O–H groups in total. The summed E-state index contributed by atoms with van der Waals surface area (Å²) in [7, 11) is 0. The van der Waals surface area contributed by atoms with Gasteiger partial charge in [-0.25, -0.2) is 4.79 Å². The van der Waals surface area contributed by atoms with Crippen LogP contribution >= 0.6 is 22.9 Å². The molecule has 0 saturated heterocycles. The molecule has 0 aliphatic carbocycles. The fourth-order valence-corrected chi connectivity index (χ4v) is 3.72. The summed E-state index contributed by atoms with van der Waals surface area (Å²) in [5.41, 5.74) is 1.96. The highest BCUT2D eigenvalue weighted by Gasteiger charge is 2.15. The second-order valence-corrected chi connectivity index (χ2v) is 5.86. The highest BCUT2D eigenvalue weighted by Crippen LogP contribution is 2.39. The molecule has 2 heterocycles. The number of aryl methyl sites for hydroxylation is 1. The number of hydrogen-bond acceptors (Lipinski definition) is 3. The number of nitrogens with zero attached hydrogens (tertiary/aromatic N) is 2. The Bertz CT molecular complexity index is 809. The van der Waals surface area contributed by atoms with Crippen molar-refractivity contribution >= 4 is 49.3 Å². The minimum absolute atomic E-state index is 0.323. The minimum Gasteiger partial charge on any atom is -0.465 e. The monoisotopic (exact) mass is 309 g/mol. The highest BCUT2D eigenvalue weighted by atomic mass is 35.5. The molecule has 0 aliphatic rings. The molecule has 1 amide bonds. The molecule has 0 unspecified atom stereocenters. The Morgan fingerprint density at radius 2 is 2.30 bits per heavy atom. The van der Waals surface area contributed by atoms with E-state index in [0.717, 1.165) is 31.0 Å². The molecule has 5 nitrogen and oxygen atoms in total. The third-order valence-electron chi connectivity index (χ3n) is 3.10. The number of amides is 1. The summed E-state index contributed by atoms with van der Waals surface area (Å²) in [6.45, 7) is 2.77. The maximum atomic E-state index is 10.5. The normalized spacial score (nSPS) is 11.3. The van der Waals surface area contributed by atoms with Crippen LogP contribution in [0.2, 0.25) is 5.02 Å². The number of benzene rings is 1. The van der Waals surface area contributed by atoms with Gasteiger partial charge in [0.2, 0.25) is 0 Å². The van der Waals surface area contributed by atoms with E-state index in [1.807, 2.05) is 29.8 Å². The van der Waals surface area contributed by atoms with E-state index in [4.69, 9.17) is 16.7 Å². The summed E-state index contributed by atoms with van der Waals surface area (Å²) in [5.74, 6) is 0. The van der Waals surface area contributed by atoms with Crippen LogP contribution in [-0.4, -0.2) is 27.5 Å². The van der Waals surface area contributed by atoms with Gasteiger partial charge in [0.1, 0.15) is 0 Å². The van der Waals surface area contributed by atoms with E-state index in [-0.39, 0.29) is 0 Å². The zero-order chi connectivity index (χ0) is 14.3. The van der Waals surface area contributed by atoms with Crippen molar-refractivity contribution in [2.45, 2.75) is 13.5 Å². The molecule has 0 radical (unpaired) electrons. The van der Waals surface area contributed by atoms with Gasteiger partial charge < -0.3 is 10.4 Å². The third-order valence-corrected chi connectivity index (χ3v) is 4.86. The molecule has 0 fully saturated rings. The van der Waals surface area contributed by atoms with Gasteiger partial charge in [0.15, 0.2) is 0 Å². The molecule has 0 atom stereocenters. The third kappa shape index (κ3) is 2.10. The molecular weight excluding hydrogens is 298 g/mol. The number of rotatable bonds is 3. The summed E-state index contributed by atoms with van der Waals surface area (Å²) in [4.78, 5) is 10.5. The number of nitrogens with one attached hydrogen (secondary N) is 1. The van der Waals surface area contributed by atoms with Crippen LogP contribution in [-0.2, 0) is 6.54 Å². The van der Waals surface area contributed by atoms with Gasteiger partial charge in [-0.15, -0.1) is 11.3 Å².